The van der Waals surface area contributed by atoms with Crippen LogP contribution < -0.4 is 0 Å². The number of aliphatic carboxylic acids is 1. The molecular weight excluding hydrogens is 218 g/mol. The maximum Gasteiger partial charge on any atom is 0.308 e. The van der Waals surface area contributed by atoms with Crippen LogP contribution >= 0.6 is 0 Å². The monoisotopic (exact) mass is 239 g/mol. The summed E-state index contributed by atoms with van der Waals surface area (Å²) in [5.74, 6) is 0.235. The lowest BCUT2D eigenvalue weighted by molar-refractivity contribution is -0.143. The van der Waals surface area contributed by atoms with Crippen molar-refractivity contribution in [3.8, 4) is 0 Å². The molecule has 4 nitrogen and oxygen atoms in total. The highest BCUT2D eigenvalue weighted by atomic mass is 16.4. The van der Waals surface area contributed by atoms with Crippen LogP contribution in [0.2, 0.25) is 0 Å². The quantitative estimate of drug-likeness (QED) is 0.810. The maximum absolute atomic E-state index is 12.2. The molecule has 0 spiro atoms. The largest absolute Gasteiger partial charge is 0.481 e. The molecule has 2 fully saturated rings. The van der Waals surface area contributed by atoms with E-state index in [2.05, 4.69) is 0 Å². The lowest BCUT2D eigenvalue weighted by Gasteiger charge is -2.19. The highest BCUT2D eigenvalue weighted by Crippen LogP contribution is 2.55. The van der Waals surface area contributed by atoms with E-state index in [1.54, 1.807) is 18.9 Å². The van der Waals surface area contributed by atoms with Crippen LogP contribution in [-0.4, -0.2) is 35.5 Å². The van der Waals surface area contributed by atoms with Gasteiger partial charge in [0.25, 0.3) is 0 Å². The number of rotatable bonds is 4. The first-order valence-corrected chi connectivity index (χ1v) is 6.50. The van der Waals surface area contributed by atoms with Crippen molar-refractivity contribution in [3.63, 3.8) is 0 Å². The third-order valence-electron chi connectivity index (χ3n) is 4.29. The van der Waals surface area contributed by atoms with Crippen LogP contribution in [0, 0.1) is 23.7 Å². The van der Waals surface area contributed by atoms with Gasteiger partial charge in [-0.25, -0.2) is 0 Å². The van der Waals surface area contributed by atoms with Crippen LogP contribution in [0.15, 0.2) is 0 Å². The van der Waals surface area contributed by atoms with E-state index < -0.39 is 11.9 Å². The second kappa shape index (κ2) is 4.67. The molecule has 1 N–H and O–H groups in total. The molecule has 0 bridgehead atoms. The summed E-state index contributed by atoms with van der Waals surface area (Å²) in [5.41, 5.74) is 0. The van der Waals surface area contributed by atoms with E-state index in [0.29, 0.717) is 18.4 Å². The fourth-order valence-electron chi connectivity index (χ4n) is 3.19. The van der Waals surface area contributed by atoms with Crippen molar-refractivity contribution in [2.75, 3.05) is 13.6 Å². The second-order valence-electron chi connectivity index (χ2n) is 5.60. The third-order valence-corrected chi connectivity index (χ3v) is 4.29. The summed E-state index contributed by atoms with van der Waals surface area (Å²) < 4.78 is 0. The molecule has 2 aliphatic carbocycles. The number of nitrogens with zero attached hydrogens (tertiary/aromatic N) is 1. The van der Waals surface area contributed by atoms with E-state index in [1.807, 2.05) is 0 Å². The molecule has 3 unspecified atom stereocenters. The van der Waals surface area contributed by atoms with Gasteiger partial charge in [0.2, 0.25) is 5.91 Å². The first-order valence-electron chi connectivity index (χ1n) is 6.50. The van der Waals surface area contributed by atoms with Crippen LogP contribution in [0.4, 0.5) is 0 Å². The number of hydrogen-bond acceptors (Lipinski definition) is 2. The fraction of sp³-hybridized carbons (Fsp3) is 0.846. The Morgan fingerprint density at radius 2 is 1.82 bits per heavy atom. The van der Waals surface area contributed by atoms with E-state index in [1.165, 1.54) is 25.7 Å². The molecule has 0 aromatic carbocycles. The summed E-state index contributed by atoms with van der Waals surface area (Å²) in [5, 5.41) is 8.84. The summed E-state index contributed by atoms with van der Waals surface area (Å²) >= 11 is 0. The molecule has 1 amide bonds. The molecule has 2 saturated carbocycles. The Labute approximate surface area is 102 Å². The lowest BCUT2D eigenvalue weighted by Crippen LogP contribution is -2.35. The Bertz CT molecular complexity index is 317. The smallest absolute Gasteiger partial charge is 0.308 e. The summed E-state index contributed by atoms with van der Waals surface area (Å²) in [6.07, 6.45) is 4.87. The molecule has 0 radical (unpaired) electrons. The Balaban J connectivity index is 1.86. The van der Waals surface area contributed by atoms with E-state index in [-0.39, 0.29) is 11.8 Å². The van der Waals surface area contributed by atoms with Gasteiger partial charge in [0.1, 0.15) is 0 Å². The summed E-state index contributed by atoms with van der Waals surface area (Å²) in [6.45, 7) is 1.97. The highest BCUT2D eigenvalue weighted by molar-refractivity contribution is 5.82. The third kappa shape index (κ3) is 2.45. The molecule has 0 saturated heterocycles. The van der Waals surface area contributed by atoms with Gasteiger partial charge < -0.3 is 10.0 Å². The van der Waals surface area contributed by atoms with Crippen LogP contribution in [0.3, 0.4) is 0 Å². The van der Waals surface area contributed by atoms with E-state index in [4.69, 9.17) is 5.11 Å². The predicted octanol–water partition coefficient (Wildman–Crippen LogP) is 1.60. The zero-order chi connectivity index (χ0) is 12.6. The number of hydrogen-bond donors (Lipinski definition) is 1. The number of carboxylic acid groups (broad SMARTS) is 1. The minimum Gasteiger partial charge on any atom is -0.481 e. The Morgan fingerprint density at radius 3 is 2.29 bits per heavy atom. The average Bonchev–Trinajstić information content (AvgIpc) is 3.01. The summed E-state index contributed by atoms with van der Waals surface area (Å²) in [7, 11) is 1.73. The van der Waals surface area contributed by atoms with Crippen LogP contribution in [0.1, 0.15) is 32.6 Å². The van der Waals surface area contributed by atoms with Crippen LogP contribution in [0.5, 0.6) is 0 Å². The van der Waals surface area contributed by atoms with Gasteiger partial charge >= 0.3 is 5.97 Å². The summed E-state index contributed by atoms with van der Waals surface area (Å²) in [4.78, 5) is 24.5. The van der Waals surface area contributed by atoms with Gasteiger partial charge in [-0.3, -0.25) is 9.59 Å². The first kappa shape index (κ1) is 12.4. The standard InChI is InChI=1S/C13H21NO3/c1-8(13(16)17)7-14(2)12(15)11-9-5-3-4-6-10(9)11/h8-11H,3-7H2,1-2H3,(H,16,17). The molecular formula is C13H21NO3. The van der Waals surface area contributed by atoms with Gasteiger partial charge in [-0.15, -0.1) is 0 Å². The van der Waals surface area contributed by atoms with Crippen molar-refractivity contribution in [1.82, 2.24) is 4.90 Å². The van der Waals surface area contributed by atoms with Gasteiger partial charge in [0, 0.05) is 19.5 Å². The van der Waals surface area contributed by atoms with Crippen molar-refractivity contribution in [3.05, 3.63) is 0 Å². The van der Waals surface area contributed by atoms with Gasteiger partial charge in [-0.1, -0.05) is 19.8 Å². The van der Waals surface area contributed by atoms with E-state index >= 15 is 0 Å². The molecule has 0 aromatic heterocycles. The Morgan fingerprint density at radius 1 is 1.29 bits per heavy atom. The Kier molecular flexibility index (Phi) is 3.40. The molecule has 3 atom stereocenters. The minimum absolute atomic E-state index is 0.162. The molecule has 17 heavy (non-hydrogen) atoms. The molecule has 96 valence electrons. The van der Waals surface area contributed by atoms with Crippen LogP contribution in [0.25, 0.3) is 0 Å². The zero-order valence-corrected chi connectivity index (χ0v) is 10.6. The second-order valence-corrected chi connectivity index (χ2v) is 5.60. The van der Waals surface area contributed by atoms with Crippen molar-refractivity contribution in [1.29, 1.82) is 0 Å². The zero-order valence-electron chi connectivity index (χ0n) is 10.6. The van der Waals surface area contributed by atoms with Gasteiger partial charge in [-0.05, 0) is 24.7 Å². The number of carbonyl (C=O) groups excluding carboxylic acids is 1. The molecule has 0 aromatic rings. The van der Waals surface area contributed by atoms with E-state index in [9.17, 15) is 9.59 Å². The first-order chi connectivity index (χ1) is 8.02. The van der Waals surface area contributed by atoms with Crippen molar-refractivity contribution < 1.29 is 14.7 Å². The van der Waals surface area contributed by atoms with Crippen molar-refractivity contribution in [2.24, 2.45) is 23.7 Å². The molecule has 0 heterocycles. The molecule has 0 aliphatic heterocycles. The molecule has 2 rings (SSSR count). The molecule has 4 heteroatoms. The van der Waals surface area contributed by atoms with Crippen molar-refractivity contribution >= 4 is 11.9 Å². The normalized spacial score (nSPS) is 32.5. The molecule has 2 aliphatic rings. The number of carbonyl (C=O) groups is 2. The topological polar surface area (TPSA) is 57.6 Å². The Hall–Kier alpha value is -1.06. The van der Waals surface area contributed by atoms with Crippen LogP contribution in [-0.2, 0) is 9.59 Å². The average molecular weight is 239 g/mol. The van der Waals surface area contributed by atoms with Gasteiger partial charge in [0.05, 0.1) is 5.92 Å². The SMILES string of the molecule is CC(CN(C)C(=O)C1C2CCCCC21)C(=O)O. The maximum atomic E-state index is 12.2. The number of fused-ring (bicyclic) bond motifs is 1. The van der Waals surface area contributed by atoms with Crippen molar-refractivity contribution in [2.45, 2.75) is 32.6 Å². The highest BCUT2D eigenvalue weighted by Gasteiger charge is 2.55. The summed E-state index contributed by atoms with van der Waals surface area (Å²) in [6, 6.07) is 0. The van der Waals surface area contributed by atoms with E-state index in [0.717, 1.165) is 0 Å². The minimum atomic E-state index is -0.835. The van der Waals surface area contributed by atoms with Gasteiger partial charge in [0.15, 0.2) is 0 Å². The fourth-order valence-corrected chi connectivity index (χ4v) is 3.19. The number of amides is 1. The van der Waals surface area contributed by atoms with Gasteiger partial charge in [-0.2, -0.15) is 0 Å². The predicted molar refractivity (Wildman–Crippen MR) is 63.4 cm³/mol. The lowest BCUT2D eigenvalue weighted by atomic mass is 10.0. The number of carboxylic acids is 1.